The van der Waals surface area contributed by atoms with E-state index in [0.717, 1.165) is 22.3 Å². The average molecular weight is 541 g/mol. The van der Waals surface area contributed by atoms with E-state index >= 15 is 0 Å². The average Bonchev–Trinajstić information content (AvgIpc) is 3.03. The van der Waals surface area contributed by atoms with E-state index in [-0.39, 0.29) is 17.7 Å². The van der Waals surface area contributed by atoms with Crippen LogP contribution in [0.5, 0.6) is 0 Å². The van der Waals surface area contributed by atoms with Crippen LogP contribution in [0, 0.1) is 13.8 Å². The third kappa shape index (κ3) is 6.53. The van der Waals surface area contributed by atoms with Gasteiger partial charge in [-0.15, -0.1) is 0 Å². The van der Waals surface area contributed by atoms with Gasteiger partial charge in [0.1, 0.15) is 6.04 Å². The highest BCUT2D eigenvalue weighted by Crippen LogP contribution is 2.41. The molecule has 1 aliphatic rings. The molecule has 3 aromatic rings. The van der Waals surface area contributed by atoms with Gasteiger partial charge in [0, 0.05) is 12.6 Å². The lowest BCUT2D eigenvalue weighted by Crippen LogP contribution is -2.61. The Hall–Kier alpha value is -4.13. The number of nitrogens with one attached hydrogen (secondary N) is 2. The molecule has 0 bridgehead atoms. The predicted molar refractivity (Wildman–Crippen MR) is 159 cm³/mol. The van der Waals surface area contributed by atoms with Gasteiger partial charge in [-0.25, -0.2) is 14.8 Å². The van der Waals surface area contributed by atoms with Crippen molar-refractivity contribution >= 4 is 23.5 Å². The summed E-state index contributed by atoms with van der Waals surface area (Å²) in [6.45, 7) is 11.2. The van der Waals surface area contributed by atoms with E-state index in [9.17, 15) is 14.4 Å². The molecule has 7 heteroatoms. The van der Waals surface area contributed by atoms with Crippen LogP contribution in [0.3, 0.4) is 0 Å². The third-order valence-corrected chi connectivity index (χ3v) is 7.52. The second-order valence-electron chi connectivity index (χ2n) is 11.6. The fourth-order valence-corrected chi connectivity index (χ4v) is 5.56. The van der Waals surface area contributed by atoms with E-state index in [1.807, 2.05) is 101 Å². The topological polar surface area (TPSA) is 81.8 Å². The maximum Gasteiger partial charge on any atom is 0.319 e. The Morgan fingerprint density at radius 3 is 2.00 bits per heavy atom. The lowest BCUT2D eigenvalue weighted by molar-refractivity contribution is -0.181. The molecule has 3 atom stereocenters. The third-order valence-electron chi connectivity index (χ3n) is 7.52. The maximum atomic E-state index is 14.5. The van der Waals surface area contributed by atoms with E-state index < -0.39 is 23.7 Å². The van der Waals surface area contributed by atoms with E-state index in [2.05, 4.69) is 22.8 Å². The van der Waals surface area contributed by atoms with Crippen molar-refractivity contribution < 1.29 is 14.4 Å². The number of carbonyl (C=O) groups is 3. The Balaban J connectivity index is 1.77. The molecular weight excluding hydrogens is 500 g/mol. The largest absolute Gasteiger partial charge is 0.326 e. The number of rotatable bonds is 5. The predicted octanol–water partition coefficient (Wildman–Crippen LogP) is 6.50. The van der Waals surface area contributed by atoms with Crippen LogP contribution in [-0.4, -0.2) is 39.4 Å². The molecule has 0 aliphatic carbocycles. The van der Waals surface area contributed by atoms with Crippen LogP contribution in [-0.2, 0) is 9.59 Å². The molecule has 1 fully saturated rings. The quantitative estimate of drug-likeness (QED) is 0.387. The van der Waals surface area contributed by atoms with Crippen molar-refractivity contribution in [3.8, 4) is 0 Å². The van der Waals surface area contributed by atoms with E-state index in [0.29, 0.717) is 18.5 Å². The summed E-state index contributed by atoms with van der Waals surface area (Å²) in [4.78, 5) is 40.9. The van der Waals surface area contributed by atoms with Gasteiger partial charge in [-0.1, -0.05) is 66.7 Å². The van der Waals surface area contributed by atoms with E-state index in [1.165, 1.54) is 6.92 Å². The summed E-state index contributed by atoms with van der Waals surface area (Å²) in [6.07, 6.45) is 0.996. The number of hydrazine groups is 1. The first-order chi connectivity index (χ1) is 19.0. The van der Waals surface area contributed by atoms with E-state index in [1.54, 1.807) is 10.0 Å². The molecule has 0 saturated carbocycles. The number of carbonyl (C=O) groups excluding carboxylic acids is 3. The normalized spacial score (nSPS) is 19.5. The van der Waals surface area contributed by atoms with Gasteiger partial charge in [-0.3, -0.25) is 9.59 Å². The molecule has 4 amide bonds. The summed E-state index contributed by atoms with van der Waals surface area (Å²) in [7, 11) is 0. The van der Waals surface area contributed by atoms with Gasteiger partial charge in [0.15, 0.2) is 0 Å². The molecule has 2 N–H and O–H groups in total. The van der Waals surface area contributed by atoms with Crippen molar-refractivity contribution in [3.05, 3.63) is 101 Å². The van der Waals surface area contributed by atoms with Crippen LogP contribution in [0.1, 0.15) is 74.8 Å². The number of anilines is 1. The van der Waals surface area contributed by atoms with Crippen molar-refractivity contribution in [2.24, 2.45) is 0 Å². The number of nitrogens with zero attached hydrogens (tertiary/aromatic N) is 2. The SMILES string of the molecule is CC(=O)N(N1C(=O)C(NC(=O)Nc2ccc(C)c(C)c2)CC(c2ccccc2)CC1c1ccccc1)C(C)(C)C. The molecule has 0 aromatic heterocycles. The summed E-state index contributed by atoms with van der Waals surface area (Å²) < 4.78 is 0. The maximum absolute atomic E-state index is 14.5. The molecule has 0 spiro atoms. The fraction of sp³-hybridized carbons (Fsp3) is 0.364. The standard InChI is InChI=1S/C33H40N4O3/c1-22-17-18-28(19-23(22)2)34-32(40)35-29-20-27(25-13-9-7-10-14-25)21-30(26-15-11-8-12-16-26)36(31(29)39)37(24(3)38)33(4,5)6/h7-19,27,29-30H,20-21H2,1-6H3,(H2,34,35,40). The Kier molecular flexibility index (Phi) is 8.62. The zero-order valence-corrected chi connectivity index (χ0v) is 24.3. The monoisotopic (exact) mass is 540 g/mol. The number of benzene rings is 3. The smallest absolute Gasteiger partial charge is 0.319 e. The Morgan fingerprint density at radius 1 is 0.850 bits per heavy atom. The molecule has 1 heterocycles. The van der Waals surface area contributed by atoms with Crippen LogP contribution in [0.2, 0.25) is 0 Å². The minimum absolute atomic E-state index is 0.0407. The number of hydrogen-bond acceptors (Lipinski definition) is 3. The van der Waals surface area contributed by atoms with Crippen LogP contribution >= 0.6 is 0 Å². The summed E-state index contributed by atoms with van der Waals surface area (Å²) in [5.74, 6) is -0.591. The number of urea groups is 1. The first-order valence-corrected chi connectivity index (χ1v) is 13.8. The minimum Gasteiger partial charge on any atom is -0.326 e. The highest BCUT2D eigenvalue weighted by atomic mass is 16.2. The van der Waals surface area contributed by atoms with Crippen molar-refractivity contribution in [2.45, 2.75) is 77.9 Å². The second-order valence-corrected chi connectivity index (χ2v) is 11.6. The number of aryl methyl sites for hydroxylation is 2. The Morgan fingerprint density at radius 2 is 1.45 bits per heavy atom. The van der Waals surface area contributed by atoms with Gasteiger partial charge in [-0.05, 0) is 87.8 Å². The summed E-state index contributed by atoms with van der Waals surface area (Å²) in [5, 5.41) is 9.00. The lowest BCUT2D eigenvalue weighted by atomic mass is 9.86. The number of hydrogen-bond donors (Lipinski definition) is 2. The molecule has 3 aromatic carbocycles. The molecule has 1 saturated heterocycles. The van der Waals surface area contributed by atoms with Gasteiger partial charge in [0.25, 0.3) is 5.91 Å². The van der Waals surface area contributed by atoms with Crippen LogP contribution in [0.4, 0.5) is 10.5 Å². The van der Waals surface area contributed by atoms with Crippen LogP contribution < -0.4 is 10.6 Å². The molecule has 1 aliphatic heterocycles. The molecule has 40 heavy (non-hydrogen) atoms. The highest BCUT2D eigenvalue weighted by molar-refractivity contribution is 5.94. The fourth-order valence-electron chi connectivity index (χ4n) is 5.56. The number of amides is 4. The van der Waals surface area contributed by atoms with Gasteiger partial charge in [0.2, 0.25) is 5.91 Å². The van der Waals surface area contributed by atoms with Crippen molar-refractivity contribution in [1.29, 1.82) is 0 Å². The van der Waals surface area contributed by atoms with Crippen molar-refractivity contribution in [3.63, 3.8) is 0 Å². The zero-order chi connectivity index (χ0) is 29.0. The van der Waals surface area contributed by atoms with E-state index in [4.69, 9.17) is 0 Å². The van der Waals surface area contributed by atoms with Gasteiger partial charge in [-0.2, -0.15) is 0 Å². The van der Waals surface area contributed by atoms with Gasteiger partial charge < -0.3 is 10.6 Å². The minimum atomic E-state index is -0.852. The van der Waals surface area contributed by atoms with Gasteiger partial charge >= 0.3 is 6.03 Å². The molecule has 210 valence electrons. The second kappa shape index (κ2) is 11.9. The summed E-state index contributed by atoms with van der Waals surface area (Å²) in [6, 6.07) is 23.9. The molecule has 0 radical (unpaired) electrons. The first kappa shape index (κ1) is 28.9. The van der Waals surface area contributed by atoms with Gasteiger partial charge in [0.05, 0.1) is 11.6 Å². The summed E-state index contributed by atoms with van der Waals surface area (Å²) >= 11 is 0. The van der Waals surface area contributed by atoms with Crippen molar-refractivity contribution in [1.82, 2.24) is 15.3 Å². The molecule has 3 unspecified atom stereocenters. The first-order valence-electron chi connectivity index (χ1n) is 13.8. The zero-order valence-electron chi connectivity index (χ0n) is 24.3. The van der Waals surface area contributed by atoms with Crippen LogP contribution in [0.25, 0.3) is 0 Å². The Bertz CT molecular complexity index is 1350. The molecule has 7 nitrogen and oxygen atoms in total. The lowest BCUT2D eigenvalue weighted by Gasteiger charge is -2.47. The molecule has 4 rings (SSSR count). The molecular formula is C33H40N4O3. The van der Waals surface area contributed by atoms with Crippen molar-refractivity contribution in [2.75, 3.05) is 5.32 Å². The Labute approximate surface area is 237 Å². The van der Waals surface area contributed by atoms with Crippen LogP contribution in [0.15, 0.2) is 78.9 Å². The highest BCUT2D eigenvalue weighted by Gasteiger charge is 2.45. The summed E-state index contributed by atoms with van der Waals surface area (Å²) in [5.41, 5.74) is 4.20.